The summed E-state index contributed by atoms with van der Waals surface area (Å²) in [6.45, 7) is 9.06. The predicted octanol–water partition coefficient (Wildman–Crippen LogP) is 5.76. The summed E-state index contributed by atoms with van der Waals surface area (Å²) >= 11 is 0. The lowest BCUT2D eigenvalue weighted by molar-refractivity contribution is -0.109. The van der Waals surface area contributed by atoms with Crippen LogP contribution in [0.2, 0.25) is 0 Å². The van der Waals surface area contributed by atoms with Crippen molar-refractivity contribution in [2.24, 2.45) is 0 Å². The molecule has 2 aromatic carbocycles. The van der Waals surface area contributed by atoms with Gasteiger partial charge in [-0.25, -0.2) is 0 Å². The molecule has 1 aliphatic heterocycles. The number of aryl methyl sites for hydroxylation is 1. The van der Waals surface area contributed by atoms with Crippen LogP contribution in [0.4, 0.5) is 5.69 Å². The number of anilines is 1. The fourth-order valence-electron chi connectivity index (χ4n) is 4.37. The molecule has 162 valence electrons. The highest BCUT2D eigenvalue weighted by Crippen LogP contribution is 2.33. The van der Waals surface area contributed by atoms with Gasteiger partial charge in [0.05, 0.1) is 12.6 Å². The molecule has 1 heterocycles. The molecular formula is C26H36N2O2. The Hall–Kier alpha value is -2.33. The maximum atomic E-state index is 12.1. The molecule has 0 spiro atoms. The highest BCUT2D eigenvalue weighted by Gasteiger charge is 2.23. The van der Waals surface area contributed by atoms with Crippen LogP contribution in [-0.2, 0) is 4.79 Å². The molecular weight excluding hydrogens is 372 g/mol. The highest BCUT2D eigenvalue weighted by atomic mass is 16.5. The zero-order valence-electron chi connectivity index (χ0n) is 18.7. The molecule has 1 saturated heterocycles. The Balaban J connectivity index is 1.88. The molecule has 1 N–H and O–H groups in total. The van der Waals surface area contributed by atoms with Crippen LogP contribution >= 0.6 is 0 Å². The van der Waals surface area contributed by atoms with Crippen LogP contribution in [0.3, 0.4) is 0 Å². The van der Waals surface area contributed by atoms with Crippen molar-refractivity contribution >= 4 is 12.0 Å². The summed E-state index contributed by atoms with van der Waals surface area (Å²) in [7, 11) is 0. The molecule has 0 radical (unpaired) electrons. The molecule has 4 heteroatoms. The number of rotatable bonds is 10. The summed E-state index contributed by atoms with van der Waals surface area (Å²) in [6, 6.07) is 14.5. The fraction of sp³-hybridized carbons (Fsp3) is 0.500. The topological polar surface area (TPSA) is 41.6 Å². The van der Waals surface area contributed by atoms with Gasteiger partial charge in [-0.1, -0.05) is 43.7 Å². The first-order valence-electron chi connectivity index (χ1n) is 11.5. The molecule has 3 rings (SSSR count). The predicted molar refractivity (Wildman–Crippen MR) is 124 cm³/mol. The van der Waals surface area contributed by atoms with Gasteiger partial charge in [0.25, 0.3) is 0 Å². The lowest BCUT2D eigenvalue weighted by Gasteiger charge is -2.33. The van der Waals surface area contributed by atoms with E-state index in [0.717, 1.165) is 49.1 Å². The minimum Gasteiger partial charge on any atom is -0.494 e. The Morgan fingerprint density at radius 2 is 1.87 bits per heavy atom. The highest BCUT2D eigenvalue weighted by molar-refractivity contribution is 5.63. The van der Waals surface area contributed by atoms with E-state index in [0.29, 0.717) is 6.61 Å². The number of nitrogens with zero attached hydrogens (tertiary/aromatic N) is 1. The first kappa shape index (κ1) is 22.4. The quantitative estimate of drug-likeness (QED) is 0.508. The third-order valence-corrected chi connectivity index (χ3v) is 5.97. The number of benzene rings is 2. The van der Waals surface area contributed by atoms with E-state index < -0.39 is 0 Å². The van der Waals surface area contributed by atoms with Gasteiger partial charge in [0, 0.05) is 24.8 Å². The fourth-order valence-corrected chi connectivity index (χ4v) is 4.37. The van der Waals surface area contributed by atoms with Crippen molar-refractivity contribution in [2.45, 2.75) is 65.0 Å². The molecule has 0 aliphatic carbocycles. The number of para-hydroxylation sites is 1. The van der Waals surface area contributed by atoms with E-state index in [1.54, 1.807) is 0 Å². The van der Waals surface area contributed by atoms with E-state index in [2.05, 4.69) is 41.4 Å². The minimum absolute atomic E-state index is 0.125. The molecule has 0 aromatic heterocycles. The zero-order chi connectivity index (χ0) is 21.3. The Labute approximate surface area is 181 Å². The first-order valence-corrected chi connectivity index (χ1v) is 11.5. The van der Waals surface area contributed by atoms with Crippen molar-refractivity contribution < 1.29 is 9.53 Å². The van der Waals surface area contributed by atoms with Crippen LogP contribution < -0.4 is 15.0 Å². The Morgan fingerprint density at radius 1 is 1.10 bits per heavy atom. The second-order valence-corrected chi connectivity index (χ2v) is 8.19. The molecule has 1 aliphatic rings. The maximum absolute atomic E-state index is 12.1. The Bertz CT molecular complexity index is 814. The van der Waals surface area contributed by atoms with Crippen molar-refractivity contribution in [3.05, 3.63) is 59.2 Å². The third kappa shape index (κ3) is 5.42. The van der Waals surface area contributed by atoms with Crippen molar-refractivity contribution in [3.63, 3.8) is 0 Å². The Kier molecular flexibility index (Phi) is 8.32. The molecule has 4 nitrogen and oxygen atoms in total. The molecule has 2 aromatic rings. The van der Waals surface area contributed by atoms with E-state index in [-0.39, 0.29) is 12.1 Å². The average molecular weight is 409 g/mol. The lowest BCUT2D eigenvalue weighted by Crippen LogP contribution is -2.33. The van der Waals surface area contributed by atoms with Gasteiger partial charge in [0.15, 0.2) is 0 Å². The van der Waals surface area contributed by atoms with Crippen LogP contribution in [0, 0.1) is 6.92 Å². The van der Waals surface area contributed by atoms with Crippen LogP contribution in [0.5, 0.6) is 5.75 Å². The standard InChI is InChI=1S/C26H36N2O2/c1-4-11-23(22-12-7-8-13-25(22)28-16-9-6-10-17-28)27-24(19-29)21-15-14-20(3)26(18-21)30-5-2/h7-8,12-15,18-19,23-24,27H,4-6,9-11,16-17H2,1-3H3. The van der Waals surface area contributed by atoms with Crippen LogP contribution in [-0.4, -0.2) is 26.0 Å². The summed E-state index contributed by atoms with van der Waals surface area (Å²) in [5.74, 6) is 0.851. The zero-order valence-corrected chi connectivity index (χ0v) is 18.7. The average Bonchev–Trinajstić information content (AvgIpc) is 2.79. The minimum atomic E-state index is -0.365. The van der Waals surface area contributed by atoms with E-state index in [1.807, 2.05) is 32.0 Å². The van der Waals surface area contributed by atoms with Crippen molar-refractivity contribution in [1.29, 1.82) is 0 Å². The summed E-state index contributed by atoms with van der Waals surface area (Å²) in [4.78, 5) is 14.6. The number of ether oxygens (including phenoxy) is 1. The molecule has 0 saturated carbocycles. The molecule has 2 atom stereocenters. The second-order valence-electron chi connectivity index (χ2n) is 8.19. The molecule has 0 amide bonds. The number of carbonyl (C=O) groups excluding carboxylic acids is 1. The van der Waals surface area contributed by atoms with Gasteiger partial charge < -0.3 is 14.4 Å². The maximum Gasteiger partial charge on any atom is 0.141 e. The number of piperidine rings is 1. The van der Waals surface area contributed by atoms with Gasteiger partial charge in [-0.3, -0.25) is 5.32 Å². The smallest absolute Gasteiger partial charge is 0.141 e. The lowest BCUT2D eigenvalue weighted by atomic mass is 9.96. The summed E-state index contributed by atoms with van der Waals surface area (Å²) < 4.78 is 5.76. The number of hydrogen-bond donors (Lipinski definition) is 1. The second kappa shape index (κ2) is 11.2. The van der Waals surface area contributed by atoms with Gasteiger partial charge in [-0.05, 0) is 68.4 Å². The Morgan fingerprint density at radius 3 is 2.57 bits per heavy atom. The summed E-state index contributed by atoms with van der Waals surface area (Å²) in [6.07, 6.45) is 6.88. The van der Waals surface area contributed by atoms with Gasteiger partial charge in [-0.2, -0.15) is 0 Å². The van der Waals surface area contributed by atoms with Crippen molar-refractivity contribution in [1.82, 2.24) is 5.32 Å². The SMILES string of the molecule is CCCC(NC(C=O)c1ccc(C)c(OCC)c1)c1ccccc1N1CCCCC1. The normalized spacial score (nSPS) is 16.2. The summed E-state index contributed by atoms with van der Waals surface area (Å²) in [5, 5.41) is 3.66. The number of carbonyl (C=O) groups is 1. The van der Waals surface area contributed by atoms with Gasteiger partial charge in [-0.15, -0.1) is 0 Å². The molecule has 0 bridgehead atoms. The van der Waals surface area contributed by atoms with Gasteiger partial charge in [0.2, 0.25) is 0 Å². The van der Waals surface area contributed by atoms with Crippen molar-refractivity contribution in [3.8, 4) is 5.75 Å². The third-order valence-electron chi connectivity index (χ3n) is 5.97. The van der Waals surface area contributed by atoms with E-state index in [4.69, 9.17) is 4.74 Å². The van der Waals surface area contributed by atoms with E-state index in [1.165, 1.54) is 30.5 Å². The van der Waals surface area contributed by atoms with Crippen LogP contribution in [0.25, 0.3) is 0 Å². The van der Waals surface area contributed by atoms with Crippen molar-refractivity contribution in [2.75, 3.05) is 24.6 Å². The molecule has 1 fully saturated rings. The largest absolute Gasteiger partial charge is 0.494 e. The monoisotopic (exact) mass is 408 g/mol. The van der Waals surface area contributed by atoms with Crippen LogP contribution in [0.1, 0.15) is 74.7 Å². The van der Waals surface area contributed by atoms with Crippen LogP contribution in [0.15, 0.2) is 42.5 Å². The van der Waals surface area contributed by atoms with Gasteiger partial charge >= 0.3 is 0 Å². The summed E-state index contributed by atoms with van der Waals surface area (Å²) in [5.41, 5.74) is 4.65. The van der Waals surface area contributed by atoms with Gasteiger partial charge in [0.1, 0.15) is 12.0 Å². The van der Waals surface area contributed by atoms with E-state index in [9.17, 15) is 4.79 Å². The molecule has 2 unspecified atom stereocenters. The van der Waals surface area contributed by atoms with E-state index >= 15 is 0 Å². The number of aldehydes is 1. The molecule has 30 heavy (non-hydrogen) atoms. The first-order chi connectivity index (χ1) is 14.7. The number of hydrogen-bond acceptors (Lipinski definition) is 4. The number of nitrogens with one attached hydrogen (secondary N) is 1.